The molecule has 5 nitrogen and oxygen atoms in total. The minimum absolute atomic E-state index is 0.224. The van der Waals surface area contributed by atoms with Gasteiger partial charge in [-0.1, -0.05) is 6.92 Å². The Hall–Kier alpha value is -2.80. The van der Waals surface area contributed by atoms with E-state index in [0.29, 0.717) is 17.4 Å². The van der Waals surface area contributed by atoms with Crippen LogP contribution in [0.4, 0.5) is 4.39 Å². The summed E-state index contributed by atoms with van der Waals surface area (Å²) in [6.45, 7) is 2.19. The Kier molecular flexibility index (Phi) is 5.24. The highest BCUT2D eigenvalue weighted by molar-refractivity contribution is 7.90. The highest BCUT2D eigenvalue weighted by Crippen LogP contribution is 2.43. The Morgan fingerprint density at radius 1 is 1.03 bits per heavy atom. The first-order valence-corrected chi connectivity index (χ1v) is 12.9. The molecule has 32 heavy (non-hydrogen) atoms. The summed E-state index contributed by atoms with van der Waals surface area (Å²) in [6, 6.07) is 11.9. The topological polar surface area (TPSA) is 75.7 Å². The first kappa shape index (κ1) is 21.1. The molecule has 2 heterocycles. The van der Waals surface area contributed by atoms with E-state index in [2.05, 4.69) is 16.9 Å². The molecule has 7 heteroatoms. The van der Waals surface area contributed by atoms with E-state index in [4.69, 9.17) is 4.98 Å². The zero-order valence-corrected chi connectivity index (χ0v) is 19.0. The van der Waals surface area contributed by atoms with Gasteiger partial charge in [0.2, 0.25) is 0 Å². The summed E-state index contributed by atoms with van der Waals surface area (Å²) in [5, 5.41) is 0.919. The number of aromatic amines is 1. The maximum absolute atomic E-state index is 13.8. The zero-order chi connectivity index (χ0) is 22.5. The number of pyridine rings is 1. The number of benzene rings is 2. The molecule has 1 atom stereocenters. The zero-order valence-electron chi connectivity index (χ0n) is 18.2. The highest BCUT2D eigenvalue weighted by atomic mass is 32.2. The Morgan fingerprint density at radius 3 is 2.56 bits per heavy atom. The predicted octanol–water partition coefficient (Wildman–Crippen LogP) is 5.73. The number of nitrogens with zero attached hydrogens (tertiary/aromatic N) is 2. The van der Waals surface area contributed by atoms with Crippen LogP contribution in [0.2, 0.25) is 0 Å². The van der Waals surface area contributed by atoms with Crippen molar-refractivity contribution in [3.8, 4) is 0 Å². The van der Waals surface area contributed by atoms with Gasteiger partial charge in [0.25, 0.3) is 0 Å². The average molecular weight is 452 g/mol. The smallest absolute Gasteiger partial charge is 0.175 e. The van der Waals surface area contributed by atoms with Gasteiger partial charge in [0.05, 0.1) is 21.4 Å². The summed E-state index contributed by atoms with van der Waals surface area (Å²) >= 11 is 0. The van der Waals surface area contributed by atoms with Crippen LogP contribution in [0.15, 0.2) is 53.6 Å². The normalized spacial score (nSPS) is 20.6. The van der Waals surface area contributed by atoms with Crippen LogP contribution in [0.5, 0.6) is 0 Å². The van der Waals surface area contributed by atoms with Gasteiger partial charge in [-0.15, -0.1) is 0 Å². The van der Waals surface area contributed by atoms with Crippen LogP contribution in [0.1, 0.15) is 55.8 Å². The van der Waals surface area contributed by atoms with Crippen LogP contribution < -0.4 is 0 Å². The van der Waals surface area contributed by atoms with Crippen molar-refractivity contribution in [2.24, 2.45) is 5.92 Å². The van der Waals surface area contributed by atoms with E-state index in [1.54, 1.807) is 30.3 Å². The minimum atomic E-state index is -3.26. The van der Waals surface area contributed by atoms with Gasteiger partial charge in [0.15, 0.2) is 9.84 Å². The van der Waals surface area contributed by atoms with Crippen molar-refractivity contribution in [1.29, 1.82) is 0 Å². The minimum Gasteiger partial charge on any atom is -0.342 e. The number of hydrogen-bond donors (Lipinski definition) is 1. The molecule has 1 saturated carbocycles. The second-order valence-corrected chi connectivity index (χ2v) is 11.1. The second-order valence-electron chi connectivity index (χ2n) is 9.04. The van der Waals surface area contributed by atoms with Crippen molar-refractivity contribution in [3.63, 3.8) is 0 Å². The van der Waals surface area contributed by atoms with Crippen molar-refractivity contribution < 1.29 is 12.8 Å². The van der Waals surface area contributed by atoms with E-state index in [-0.39, 0.29) is 16.6 Å². The standard InChI is InChI=1S/C25H26FN3O2S/c1-15(25-28-23-10-8-19(32(2,30)31)14-24(23)29-25)16-3-5-17(6-4-16)20-11-12-27-22-9-7-18(26)13-21(20)22/h7-17H,3-6H2,1-2H3,(H,28,29)/t15-,16-,17+/m0/s1. The Morgan fingerprint density at radius 2 is 1.81 bits per heavy atom. The van der Waals surface area contributed by atoms with E-state index < -0.39 is 9.84 Å². The van der Waals surface area contributed by atoms with E-state index in [9.17, 15) is 12.8 Å². The largest absolute Gasteiger partial charge is 0.342 e. The third-order valence-electron chi connectivity index (χ3n) is 6.99. The van der Waals surface area contributed by atoms with Gasteiger partial charge < -0.3 is 4.98 Å². The molecule has 5 rings (SSSR count). The van der Waals surface area contributed by atoms with Crippen LogP contribution >= 0.6 is 0 Å². The fourth-order valence-electron chi connectivity index (χ4n) is 5.10. The van der Waals surface area contributed by atoms with Crippen molar-refractivity contribution in [2.45, 2.75) is 49.3 Å². The molecule has 166 valence electrons. The molecule has 1 N–H and O–H groups in total. The van der Waals surface area contributed by atoms with Crippen LogP contribution in [0, 0.1) is 11.7 Å². The van der Waals surface area contributed by atoms with Gasteiger partial charge in [-0.25, -0.2) is 17.8 Å². The van der Waals surface area contributed by atoms with Gasteiger partial charge in [-0.05, 0) is 85.5 Å². The summed E-state index contributed by atoms with van der Waals surface area (Å²) in [4.78, 5) is 12.8. The molecule has 0 radical (unpaired) electrons. The Labute approximate surface area is 187 Å². The van der Waals surface area contributed by atoms with Gasteiger partial charge in [0.1, 0.15) is 11.6 Å². The lowest BCUT2D eigenvalue weighted by molar-refractivity contribution is 0.286. The summed E-state index contributed by atoms with van der Waals surface area (Å²) in [7, 11) is -3.26. The molecular formula is C25H26FN3O2S. The Balaban J connectivity index is 1.34. The first-order chi connectivity index (χ1) is 15.3. The molecule has 0 saturated heterocycles. The predicted molar refractivity (Wildman–Crippen MR) is 124 cm³/mol. The summed E-state index contributed by atoms with van der Waals surface area (Å²) in [5.74, 6) is 1.82. The number of halogens is 1. The average Bonchev–Trinajstić information content (AvgIpc) is 3.21. The number of nitrogens with one attached hydrogen (secondary N) is 1. The number of aromatic nitrogens is 3. The van der Waals surface area contributed by atoms with Crippen molar-refractivity contribution in [1.82, 2.24) is 15.0 Å². The lowest BCUT2D eigenvalue weighted by Gasteiger charge is -2.32. The van der Waals surface area contributed by atoms with Crippen LogP contribution in [-0.2, 0) is 9.84 Å². The van der Waals surface area contributed by atoms with Crippen LogP contribution in [-0.4, -0.2) is 29.6 Å². The fraction of sp³-hybridized carbons (Fsp3) is 0.360. The van der Waals surface area contributed by atoms with Crippen LogP contribution in [0.25, 0.3) is 21.9 Å². The van der Waals surface area contributed by atoms with Crippen LogP contribution in [0.3, 0.4) is 0 Å². The van der Waals surface area contributed by atoms with Gasteiger partial charge in [0, 0.05) is 23.8 Å². The van der Waals surface area contributed by atoms with Crippen molar-refractivity contribution in [3.05, 3.63) is 65.9 Å². The molecule has 0 spiro atoms. The number of fused-ring (bicyclic) bond motifs is 2. The van der Waals surface area contributed by atoms with E-state index in [0.717, 1.165) is 47.9 Å². The van der Waals surface area contributed by atoms with Gasteiger partial charge in [-0.3, -0.25) is 4.98 Å². The molecule has 1 aliphatic carbocycles. The first-order valence-electron chi connectivity index (χ1n) is 11.0. The summed E-state index contributed by atoms with van der Waals surface area (Å²) in [5.41, 5.74) is 3.58. The lowest BCUT2D eigenvalue weighted by atomic mass is 9.73. The quantitative estimate of drug-likeness (QED) is 0.430. The van der Waals surface area contributed by atoms with Crippen molar-refractivity contribution in [2.75, 3.05) is 6.26 Å². The SMILES string of the molecule is C[C@H](c1nc2cc(S(C)(=O)=O)ccc2[nH]1)[C@H]1CC[C@@H](c2ccnc3ccc(F)cc32)CC1. The molecule has 0 aliphatic heterocycles. The second kappa shape index (κ2) is 7.96. The molecule has 0 amide bonds. The number of hydrogen-bond acceptors (Lipinski definition) is 4. The monoisotopic (exact) mass is 451 g/mol. The highest BCUT2D eigenvalue weighted by Gasteiger charge is 2.29. The number of sulfone groups is 1. The molecule has 2 aromatic carbocycles. The molecule has 4 aromatic rings. The Bertz CT molecular complexity index is 1410. The fourth-order valence-corrected chi connectivity index (χ4v) is 5.74. The summed E-state index contributed by atoms with van der Waals surface area (Å²) < 4.78 is 37.5. The van der Waals surface area contributed by atoms with E-state index in [1.807, 2.05) is 12.3 Å². The third kappa shape index (κ3) is 3.90. The molecule has 0 unspecified atom stereocenters. The molecular weight excluding hydrogens is 425 g/mol. The maximum atomic E-state index is 13.8. The lowest BCUT2D eigenvalue weighted by Crippen LogP contribution is -2.19. The van der Waals surface area contributed by atoms with Gasteiger partial charge in [-0.2, -0.15) is 0 Å². The molecule has 1 fully saturated rings. The van der Waals surface area contributed by atoms with E-state index in [1.165, 1.54) is 17.9 Å². The third-order valence-corrected chi connectivity index (χ3v) is 8.10. The van der Waals surface area contributed by atoms with E-state index >= 15 is 0 Å². The number of H-pyrrole nitrogens is 1. The number of rotatable bonds is 4. The molecule has 2 aromatic heterocycles. The summed E-state index contributed by atoms with van der Waals surface area (Å²) in [6.07, 6.45) is 7.26. The number of imidazole rings is 1. The van der Waals surface area contributed by atoms with Crippen molar-refractivity contribution >= 4 is 31.8 Å². The maximum Gasteiger partial charge on any atom is 0.175 e. The molecule has 1 aliphatic rings. The molecule has 0 bridgehead atoms. The van der Waals surface area contributed by atoms with Gasteiger partial charge >= 0.3 is 0 Å².